The molecule has 0 spiro atoms. The smallest absolute Gasteiger partial charge is 0.169 e. The second-order valence-electron chi connectivity index (χ2n) is 3.66. The average Bonchev–Trinajstić information content (AvgIpc) is 2.68. The predicted octanol–water partition coefficient (Wildman–Crippen LogP) is 4.24. The summed E-state index contributed by atoms with van der Waals surface area (Å²) in [6.07, 6.45) is 0.474. The Morgan fingerprint density at radius 1 is 1.31 bits per heavy atom. The Balaban J connectivity index is 2.21. The van der Waals surface area contributed by atoms with Gasteiger partial charge in [-0.15, -0.1) is 0 Å². The van der Waals surface area contributed by atoms with Crippen LogP contribution in [-0.4, -0.2) is 5.78 Å². The molecule has 1 aromatic carbocycles. The van der Waals surface area contributed by atoms with Gasteiger partial charge in [0.2, 0.25) is 0 Å². The summed E-state index contributed by atoms with van der Waals surface area (Å²) in [6.45, 7) is 2.03. The molecule has 0 bridgehead atoms. The molecule has 0 fully saturated rings. The number of carbonyl (C=O) groups excluding carboxylic acids is 1. The van der Waals surface area contributed by atoms with E-state index in [0.29, 0.717) is 6.42 Å². The van der Waals surface area contributed by atoms with Gasteiger partial charge in [0.1, 0.15) is 0 Å². The number of benzene rings is 1. The maximum absolute atomic E-state index is 12.0. The number of hydrogen-bond acceptors (Lipinski definition) is 2. The minimum Gasteiger partial charge on any atom is -0.294 e. The van der Waals surface area contributed by atoms with E-state index in [1.165, 1.54) is 5.56 Å². The highest BCUT2D eigenvalue weighted by Gasteiger charge is 2.12. The molecule has 82 valence electrons. The van der Waals surface area contributed by atoms with Crippen molar-refractivity contribution in [1.29, 1.82) is 0 Å². The van der Waals surface area contributed by atoms with Gasteiger partial charge in [-0.25, -0.2) is 0 Å². The van der Waals surface area contributed by atoms with Gasteiger partial charge in [0.25, 0.3) is 0 Å². The number of halogens is 1. The molecule has 0 aliphatic carbocycles. The van der Waals surface area contributed by atoms with Crippen molar-refractivity contribution < 1.29 is 4.79 Å². The second kappa shape index (κ2) is 4.93. The Hall–Kier alpha value is -0.930. The van der Waals surface area contributed by atoms with Gasteiger partial charge < -0.3 is 0 Å². The Labute approximate surface area is 107 Å². The van der Waals surface area contributed by atoms with Crippen molar-refractivity contribution in [3.05, 3.63) is 56.2 Å². The van der Waals surface area contributed by atoms with E-state index in [1.807, 2.05) is 41.9 Å². The molecule has 2 rings (SSSR count). The van der Waals surface area contributed by atoms with Crippen LogP contribution in [-0.2, 0) is 6.42 Å². The molecule has 1 aromatic heterocycles. The van der Waals surface area contributed by atoms with E-state index in [9.17, 15) is 4.79 Å². The van der Waals surface area contributed by atoms with Crippen LogP contribution in [0.25, 0.3) is 0 Å². The highest BCUT2D eigenvalue weighted by molar-refractivity contribution is 9.10. The van der Waals surface area contributed by atoms with Gasteiger partial charge in [-0.2, -0.15) is 11.3 Å². The molecule has 0 amide bonds. The molecular weight excluding hydrogens is 284 g/mol. The van der Waals surface area contributed by atoms with Crippen LogP contribution in [0.3, 0.4) is 0 Å². The molecule has 0 radical (unpaired) electrons. The lowest BCUT2D eigenvalue weighted by molar-refractivity contribution is 0.0992. The second-order valence-corrected chi connectivity index (χ2v) is 5.26. The fourth-order valence-corrected chi connectivity index (χ4v) is 3.08. The van der Waals surface area contributed by atoms with Crippen LogP contribution in [0.4, 0.5) is 0 Å². The third kappa shape index (κ3) is 2.42. The lowest BCUT2D eigenvalue weighted by Crippen LogP contribution is -2.04. The molecule has 1 nitrogen and oxygen atoms in total. The summed E-state index contributed by atoms with van der Waals surface area (Å²) in [6, 6.07) is 8.00. The molecule has 0 aliphatic heterocycles. The quantitative estimate of drug-likeness (QED) is 0.774. The van der Waals surface area contributed by atoms with E-state index in [1.54, 1.807) is 11.3 Å². The number of ketones is 1. The number of aryl methyl sites for hydroxylation is 1. The van der Waals surface area contributed by atoms with Crippen LogP contribution in [0, 0.1) is 6.92 Å². The summed E-state index contributed by atoms with van der Waals surface area (Å²) < 4.78 is 0.899. The monoisotopic (exact) mass is 294 g/mol. The van der Waals surface area contributed by atoms with Crippen molar-refractivity contribution in [3.8, 4) is 0 Å². The van der Waals surface area contributed by atoms with E-state index in [0.717, 1.165) is 15.6 Å². The van der Waals surface area contributed by atoms with E-state index in [-0.39, 0.29) is 5.78 Å². The summed E-state index contributed by atoms with van der Waals surface area (Å²) in [7, 11) is 0. The first-order chi connectivity index (χ1) is 7.68. The fraction of sp³-hybridized carbons (Fsp3) is 0.154. The molecule has 0 aliphatic rings. The van der Waals surface area contributed by atoms with Gasteiger partial charge >= 0.3 is 0 Å². The van der Waals surface area contributed by atoms with Crippen molar-refractivity contribution in [2.75, 3.05) is 0 Å². The van der Waals surface area contributed by atoms with Gasteiger partial charge in [-0.1, -0.05) is 24.3 Å². The number of rotatable bonds is 3. The first kappa shape index (κ1) is 11.6. The lowest BCUT2D eigenvalue weighted by atomic mass is 10.0. The fourth-order valence-electron chi connectivity index (χ4n) is 1.56. The zero-order valence-electron chi connectivity index (χ0n) is 8.87. The number of thiophene rings is 1. The molecule has 16 heavy (non-hydrogen) atoms. The summed E-state index contributed by atoms with van der Waals surface area (Å²) in [5, 5.41) is 3.83. The number of hydrogen-bond donors (Lipinski definition) is 0. The van der Waals surface area contributed by atoms with Crippen LogP contribution in [0.2, 0.25) is 0 Å². The standard InChI is InChI=1S/C13H11BrOS/c1-9-4-2-3-5-10(9)6-13(15)11-7-16-8-12(11)14/h2-5,7-8H,6H2,1H3. The van der Waals surface area contributed by atoms with Crippen molar-refractivity contribution in [3.63, 3.8) is 0 Å². The predicted molar refractivity (Wildman–Crippen MR) is 71.2 cm³/mol. The highest BCUT2D eigenvalue weighted by Crippen LogP contribution is 2.23. The summed E-state index contributed by atoms with van der Waals surface area (Å²) in [5.74, 6) is 0.169. The molecular formula is C13H11BrOS. The van der Waals surface area contributed by atoms with Crippen molar-refractivity contribution >= 4 is 33.0 Å². The summed E-state index contributed by atoms with van der Waals surface area (Å²) in [4.78, 5) is 12.0. The molecule has 0 N–H and O–H groups in total. The van der Waals surface area contributed by atoms with Crippen LogP contribution in [0.1, 0.15) is 21.5 Å². The van der Waals surface area contributed by atoms with E-state index < -0.39 is 0 Å². The van der Waals surface area contributed by atoms with Crippen LogP contribution in [0.15, 0.2) is 39.5 Å². The third-order valence-corrected chi connectivity index (χ3v) is 4.23. The molecule has 1 heterocycles. The van der Waals surface area contributed by atoms with Gasteiger partial charge in [0.15, 0.2) is 5.78 Å². The normalized spacial score (nSPS) is 10.4. The maximum atomic E-state index is 12.0. The first-order valence-corrected chi connectivity index (χ1v) is 6.71. The SMILES string of the molecule is Cc1ccccc1CC(=O)c1cscc1Br. The number of Topliss-reactive ketones (excluding diaryl/α,β-unsaturated/α-hetero) is 1. The molecule has 0 saturated carbocycles. The number of carbonyl (C=O) groups is 1. The molecule has 2 aromatic rings. The Bertz CT molecular complexity index is 516. The molecule has 3 heteroatoms. The lowest BCUT2D eigenvalue weighted by Gasteiger charge is -2.03. The highest BCUT2D eigenvalue weighted by atomic mass is 79.9. The Kier molecular flexibility index (Phi) is 3.56. The average molecular weight is 295 g/mol. The summed E-state index contributed by atoms with van der Waals surface area (Å²) >= 11 is 4.93. The largest absolute Gasteiger partial charge is 0.294 e. The topological polar surface area (TPSA) is 17.1 Å². The van der Waals surface area contributed by atoms with Gasteiger partial charge in [0.05, 0.1) is 0 Å². The van der Waals surface area contributed by atoms with Crippen molar-refractivity contribution in [1.82, 2.24) is 0 Å². The minimum atomic E-state index is 0.169. The third-order valence-electron chi connectivity index (χ3n) is 2.53. The Morgan fingerprint density at radius 3 is 2.69 bits per heavy atom. The summed E-state index contributed by atoms with van der Waals surface area (Å²) in [5.41, 5.74) is 3.06. The van der Waals surface area contributed by atoms with E-state index in [2.05, 4.69) is 15.9 Å². The first-order valence-electron chi connectivity index (χ1n) is 4.98. The van der Waals surface area contributed by atoms with Gasteiger partial charge in [-0.3, -0.25) is 4.79 Å². The molecule has 0 unspecified atom stereocenters. The molecule has 0 atom stereocenters. The van der Waals surface area contributed by atoms with Crippen LogP contribution in [0.5, 0.6) is 0 Å². The maximum Gasteiger partial charge on any atom is 0.169 e. The van der Waals surface area contributed by atoms with Crippen LogP contribution >= 0.6 is 27.3 Å². The van der Waals surface area contributed by atoms with Crippen molar-refractivity contribution in [2.24, 2.45) is 0 Å². The zero-order chi connectivity index (χ0) is 11.5. The zero-order valence-corrected chi connectivity index (χ0v) is 11.3. The van der Waals surface area contributed by atoms with E-state index in [4.69, 9.17) is 0 Å². The van der Waals surface area contributed by atoms with Gasteiger partial charge in [-0.05, 0) is 34.0 Å². The Morgan fingerprint density at radius 2 is 2.06 bits per heavy atom. The minimum absolute atomic E-state index is 0.169. The van der Waals surface area contributed by atoms with Gasteiger partial charge in [0, 0.05) is 27.2 Å². The van der Waals surface area contributed by atoms with Crippen molar-refractivity contribution in [2.45, 2.75) is 13.3 Å². The van der Waals surface area contributed by atoms with Crippen LogP contribution < -0.4 is 0 Å². The molecule has 0 saturated heterocycles. The van der Waals surface area contributed by atoms with E-state index >= 15 is 0 Å².